The molecular formula is C13H11Br2ClS. The molecule has 1 atom stereocenters. The molecule has 0 aliphatic rings. The first-order chi connectivity index (χ1) is 7.99. The molecule has 1 aromatic heterocycles. The first-order valence-corrected chi connectivity index (χ1v) is 7.99. The van der Waals surface area contributed by atoms with Crippen LogP contribution in [-0.4, -0.2) is 0 Å². The van der Waals surface area contributed by atoms with Gasteiger partial charge >= 0.3 is 0 Å². The van der Waals surface area contributed by atoms with Gasteiger partial charge in [-0.05, 0) is 53.0 Å². The van der Waals surface area contributed by atoms with E-state index in [1.54, 1.807) is 11.3 Å². The van der Waals surface area contributed by atoms with E-state index in [9.17, 15) is 0 Å². The van der Waals surface area contributed by atoms with Crippen molar-refractivity contribution in [3.8, 4) is 0 Å². The summed E-state index contributed by atoms with van der Waals surface area (Å²) < 4.78 is 2.16. The lowest BCUT2D eigenvalue weighted by atomic mass is 10.1. The number of rotatable bonds is 2. The third kappa shape index (κ3) is 2.95. The number of hydrogen-bond donors (Lipinski definition) is 0. The molecule has 0 saturated carbocycles. The molecule has 0 bridgehead atoms. The van der Waals surface area contributed by atoms with Crippen LogP contribution >= 0.6 is 54.8 Å². The highest BCUT2D eigenvalue weighted by Gasteiger charge is 2.18. The average Bonchev–Trinajstić information content (AvgIpc) is 2.57. The summed E-state index contributed by atoms with van der Waals surface area (Å²) in [6, 6.07) is 8.37. The van der Waals surface area contributed by atoms with Crippen LogP contribution in [0.4, 0.5) is 0 Å². The maximum Gasteiger partial charge on any atom is 0.0950 e. The fraction of sp³-hybridized carbons (Fsp3) is 0.231. The highest BCUT2D eigenvalue weighted by molar-refractivity contribution is 9.10. The monoisotopic (exact) mass is 392 g/mol. The van der Waals surface area contributed by atoms with Crippen LogP contribution in [0.3, 0.4) is 0 Å². The van der Waals surface area contributed by atoms with Gasteiger partial charge in [0, 0.05) is 18.7 Å². The maximum atomic E-state index is 6.56. The lowest BCUT2D eigenvalue weighted by Gasteiger charge is -2.11. The topological polar surface area (TPSA) is 0 Å². The van der Waals surface area contributed by atoms with Gasteiger partial charge < -0.3 is 0 Å². The summed E-state index contributed by atoms with van der Waals surface area (Å²) in [6.45, 7) is 4.16. The lowest BCUT2D eigenvalue weighted by Crippen LogP contribution is -1.93. The molecule has 90 valence electrons. The van der Waals surface area contributed by atoms with Gasteiger partial charge in [-0.15, -0.1) is 22.9 Å². The van der Waals surface area contributed by atoms with Gasteiger partial charge in [-0.25, -0.2) is 0 Å². The van der Waals surface area contributed by atoms with E-state index < -0.39 is 0 Å². The Bertz CT molecular complexity index is 548. The summed E-state index contributed by atoms with van der Waals surface area (Å²) in [6.07, 6.45) is 0. The van der Waals surface area contributed by atoms with E-state index in [0.29, 0.717) is 0 Å². The Labute approximate surface area is 127 Å². The first-order valence-electron chi connectivity index (χ1n) is 5.15. The number of halogens is 3. The van der Waals surface area contributed by atoms with E-state index in [1.807, 2.05) is 0 Å². The Hall–Kier alpha value is 0.170. The van der Waals surface area contributed by atoms with Crippen LogP contribution in [0.5, 0.6) is 0 Å². The molecule has 0 saturated heterocycles. The van der Waals surface area contributed by atoms with Crippen molar-refractivity contribution in [3.05, 3.63) is 54.1 Å². The van der Waals surface area contributed by atoms with E-state index in [4.69, 9.17) is 11.6 Å². The fourth-order valence-electron chi connectivity index (χ4n) is 1.65. The van der Waals surface area contributed by atoms with Crippen molar-refractivity contribution in [1.82, 2.24) is 0 Å². The summed E-state index contributed by atoms with van der Waals surface area (Å²) in [4.78, 5) is 2.43. The molecule has 0 spiro atoms. The van der Waals surface area contributed by atoms with E-state index >= 15 is 0 Å². The van der Waals surface area contributed by atoms with Crippen LogP contribution in [0.15, 0.2) is 33.2 Å². The Morgan fingerprint density at radius 1 is 1.12 bits per heavy atom. The molecule has 0 aliphatic carbocycles. The van der Waals surface area contributed by atoms with Crippen molar-refractivity contribution in [2.24, 2.45) is 0 Å². The van der Waals surface area contributed by atoms with Crippen molar-refractivity contribution < 1.29 is 0 Å². The molecular weight excluding hydrogens is 383 g/mol. The minimum absolute atomic E-state index is 0.113. The van der Waals surface area contributed by atoms with Gasteiger partial charge in [0.2, 0.25) is 0 Å². The molecule has 0 amide bonds. The zero-order chi connectivity index (χ0) is 12.6. The van der Waals surface area contributed by atoms with Crippen LogP contribution in [0.25, 0.3) is 0 Å². The van der Waals surface area contributed by atoms with Gasteiger partial charge in [0.15, 0.2) is 0 Å². The van der Waals surface area contributed by atoms with Gasteiger partial charge in [-0.3, -0.25) is 0 Å². The Balaban J connectivity index is 2.43. The highest BCUT2D eigenvalue weighted by Crippen LogP contribution is 2.41. The quantitative estimate of drug-likeness (QED) is 0.531. The van der Waals surface area contributed by atoms with E-state index in [1.165, 1.54) is 10.4 Å². The van der Waals surface area contributed by atoms with E-state index in [-0.39, 0.29) is 5.38 Å². The normalized spacial score (nSPS) is 12.8. The van der Waals surface area contributed by atoms with Crippen molar-refractivity contribution in [2.45, 2.75) is 19.2 Å². The molecule has 2 rings (SSSR count). The van der Waals surface area contributed by atoms with Crippen molar-refractivity contribution in [3.63, 3.8) is 0 Å². The second-order valence-corrected chi connectivity index (χ2v) is 7.39. The Kier molecular flexibility index (Phi) is 4.35. The number of benzene rings is 1. The van der Waals surface area contributed by atoms with Crippen molar-refractivity contribution in [2.75, 3.05) is 0 Å². The second kappa shape index (κ2) is 5.43. The average molecular weight is 395 g/mol. The molecule has 1 heterocycles. The third-order valence-corrected chi connectivity index (χ3v) is 5.80. The minimum atomic E-state index is -0.113. The summed E-state index contributed by atoms with van der Waals surface area (Å²) in [5.41, 5.74) is 2.34. The lowest BCUT2D eigenvalue weighted by molar-refractivity contribution is 1.15. The SMILES string of the molecule is Cc1ccc(C(Cl)c2sc(C)cc2Br)c(Br)c1. The molecule has 1 unspecified atom stereocenters. The number of thiophene rings is 1. The number of aryl methyl sites for hydroxylation is 2. The number of alkyl halides is 1. The van der Waals surface area contributed by atoms with Crippen LogP contribution in [0, 0.1) is 13.8 Å². The van der Waals surface area contributed by atoms with Crippen LogP contribution in [0.2, 0.25) is 0 Å². The third-order valence-electron chi connectivity index (χ3n) is 2.50. The van der Waals surface area contributed by atoms with Crippen LogP contribution < -0.4 is 0 Å². The van der Waals surface area contributed by atoms with Gasteiger partial charge in [-0.1, -0.05) is 28.1 Å². The summed E-state index contributed by atoms with van der Waals surface area (Å²) in [5, 5.41) is -0.113. The van der Waals surface area contributed by atoms with Crippen molar-refractivity contribution in [1.29, 1.82) is 0 Å². The van der Waals surface area contributed by atoms with Gasteiger partial charge in [0.1, 0.15) is 0 Å². The van der Waals surface area contributed by atoms with Crippen LogP contribution in [-0.2, 0) is 0 Å². The molecule has 2 aromatic rings. The predicted octanol–water partition coefficient (Wildman–Crippen LogP) is 6.22. The highest BCUT2D eigenvalue weighted by atomic mass is 79.9. The molecule has 4 heteroatoms. The van der Waals surface area contributed by atoms with Gasteiger partial charge in [0.25, 0.3) is 0 Å². The summed E-state index contributed by atoms with van der Waals surface area (Å²) in [5.74, 6) is 0. The number of hydrogen-bond acceptors (Lipinski definition) is 1. The molecule has 0 radical (unpaired) electrons. The zero-order valence-corrected chi connectivity index (χ0v) is 14.2. The molecule has 0 N–H and O–H groups in total. The largest absolute Gasteiger partial charge is 0.143 e. The van der Waals surface area contributed by atoms with Gasteiger partial charge in [0.05, 0.1) is 5.38 Å². The first kappa shape index (κ1) is 13.6. The smallest absolute Gasteiger partial charge is 0.0950 e. The molecule has 0 fully saturated rings. The van der Waals surface area contributed by atoms with Crippen molar-refractivity contribution >= 4 is 54.8 Å². The molecule has 0 nitrogen and oxygen atoms in total. The Morgan fingerprint density at radius 3 is 2.35 bits per heavy atom. The maximum absolute atomic E-state index is 6.56. The molecule has 17 heavy (non-hydrogen) atoms. The Morgan fingerprint density at radius 2 is 1.82 bits per heavy atom. The van der Waals surface area contributed by atoms with Gasteiger partial charge in [-0.2, -0.15) is 0 Å². The molecule has 0 aliphatic heterocycles. The standard InChI is InChI=1S/C13H11Br2ClS/c1-7-3-4-9(10(14)5-7)12(16)13-11(15)6-8(2)17-13/h3-6,12H,1-2H3. The van der Waals surface area contributed by atoms with Crippen LogP contribution in [0.1, 0.15) is 26.3 Å². The second-order valence-electron chi connectivity index (χ2n) is 3.96. The fourth-order valence-corrected chi connectivity index (χ4v) is 4.96. The zero-order valence-electron chi connectivity index (χ0n) is 9.43. The predicted molar refractivity (Wildman–Crippen MR) is 83.3 cm³/mol. The summed E-state index contributed by atoms with van der Waals surface area (Å²) >= 11 is 15.4. The van der Waals surface area contributed by atoms with E-state index in [2.05, 4.69) is 70.0 Å². The molecule has 1 aromatic carbocycles. The minimum Gasteiger partial charge on any atom is -0.143 e. The summed E-state index contributed by atoms with van der Waals surface area (Å²) in [7, 11) is 0. The van der Waals surface area contributed by atoms with E-state index in [0.717, 1.165) is 19.4 Å².